The van der Waals surface area contributed by atoms with Crippen molar-refractivity contribution < 1.29 is 19.1 Å². The average Bonchev–Trinajstić information content (AvgIpc) is 3.48. The zero-order valence-electron chi connectivity index (χ0n) is 21.0. The van der Waals surface area contributed by atoms with Crippen molar-refractivity contribution in [1.82, 2.24) is 24.8 Å². The number of hydrogen-bond acceptors (Lipinski definition) is 6. The van der Waals surface area contributed by atoms with Crippen molar-refractivity contribution in [1.29, 1.82) is 0 Å². The molecule has 2 aromatic heterocycles. The fourth-order valence-corrected chi connectivity index (χ4v) is 5.19. The largest absolute Gasteiger partial charge is 0.491 e. The Hall–Kier alpha value is -3.88. The number of benzene rings is 1. The van der Waals surface area contributed by atoms with E-state index in [1.807, 2.05) is 41.3 Å². The summed E-state index contributed by atoms with van der Waals surface area (Å²) >= 11 is 0. The Kier molecular flexibility index (Phi) is 7.67. The van der Waals surface area contributed by atoms with Gasteiger partial charge in [0, 0.05) is 31.2 Å². The Bertz CT molecular complexity index is 1180. The molecule has 194 valence electrons. The minimum atomic E-state index is -0.101. The maximum Gasteiger partial charge on any atom is 0.272 e. The van der Waals surface area contributed by atoms with Crippen LogP contribution in [0.2, 0.25) is 0 Å². The van der Waals surface area contributed by atoms with Gasteiger partial charge >= 0.3 is 0 Å². The second kappa shape index (κ2) is 11.5. The second-order valence-corrected chi connectivity index (χ2v) is 9.83. The Labute approximate surface area is 216 Å². The molecule has 0 atom stereocenters. The van der Waals surface area contributed by atoms with E-state index in [1.54, 1.807) is 23.5 Å². The second-order valence-electron chi connectivity index (χ2n) is 9.83. The molecular formula is C28H33N5O4. The van der Waals surface area contributed by atoms with E-state index in [0.717, 1.165) is 37.9 Å². The van der Waals surface area contributed by atoms with Crippen LogP contribution in [-0.4, -0.2) is 76.0 Å². The van der Waals surface area contributed by atoms with Gasteiger partial charge in [-0.05, 0) is 49.9 Å². The molecule has 6 rings (SSSR count). The SMILES string of the molecule is O=C(c1cnc[nH]1)N1CCCCC2(COc3cccnc3)CCN(CC2)C(=O)c2ccccc2OCC1. The first kappa shape index (κ1) is 24.8. The monoisotopic (exact) mass is 503 g/mol. The molecule has 0 radical (unpaired) electrons. The number of fused-ring (bicyclic) bond motifs is 9. The lowest BCUT2D eigenvalue weighted by atomic mass is 9.75. The average molecular weight is 504 g/mol. The molecule has 0 unspecified atom stereocenters. The van der Waals surface area contributed by atoms with Gasteiger partial charge in [-0.3, -0.25) is 14.6 Å². The van der Waals surface area contributed by atoms with Gasteiger partial charge in [0.05, 0.1) is 37.4 Å². The fourth-order valence-electron chi connectivity index (χ4n) is 5.19. The highest BCUT2D eigenvalue weighted by molar-refractivity contribution is 5.97. The summed E-state index contributed by atoms with van der Waals surface area (Å²) in [7, 11) is 0. The lowest BCUT2D eigenvalue weighted by Gasteiger charge is -2.42. The number of nitrogens with one attached hydrogen (secondary N) is 1. The molecule has 0 aliphatic carbocycles. The van der Waals surface area contributed by atoms with Crippen LogP contribution in [0, 0.1) is 5.41 Å². The number of imidazole rings is 1. The van der Waals surface area contributed by atoms with Crippen LogP contribution in [0.1, 0.15) is 53.0 Å². The van der Waals surface area contributed by atoms with E-state index in [0.29, 0.717) is 56.4 Å². The van der Waals surface area contributed by atoms with Gasteiger partial charge in [-0.25, -0.2) is 4.98 Å². The third-order valence-corrected chi connectivity index (χ3v) is 7.43. The number of ether oxygens (including phenoxy) is 2. The molecule has 3 aromatic rings. The Morgan fingerprint density at radius 3 is 2.65 bits per heavy atom. The molecular weight excluding hydrogens is 470 g/mol. The summed E-state index contributed by atoms with van der Waals surface area (Å²) in [6.45, 7) is 3.26. The summed E-state index contributed by atoms with van der Waals surface area (Å²) in [5.41, 5.74) is 0.977. The van der Waals surface area contributed by atoms with Crippen LogP contribution in [0.4, 0.5) is 0 Å². The molecule has 2 bridgehead atoms. The molecule has 5 heterocycles. The number of amides is 2. The number of para-hydroxylation sites is 1. The van der Waals surface area contributed by atoms with Gasteiger partial charge in [0.1, 0.15) is 23.8 Å². The van der Waals surface area contributed by atoms with Crippen LogP contribution in [0.25, 0.3) is 0 Å². The van der Waals surface area contributed by atoms with Crippen LogP contribution < -0.4 is 9.47 Å². The lowest BCUT2D eigenvalue weighted by molar-refractivity contribution is 0.0358. The van der Waals surface area contributed by atoms with Crippen LogP contribution in [0.15, 0.2) is 61.3 Å². The van der Waals surface area contributed by atoms with Crippen molar-refractivity contribution in [3.05, 3.63) is 72.6 Å². The fraction of sp³-hybridized carbons (Fsp3) is 0.429. The predicted octanol–water partition coefficient (Wildman–Crippen LogP) is 3.81. The number of nitrogens with zero attached hydrogens (tertiary/aromatic N) is 4. The number of carbonyl (C=O) groups excluding carboxylic acids is 2. The molecule has 3 aliphatic heterocycles. The Balaban J connectivity index is 1.36. The first-order valence-electron chi connectivity index (χ1n) is 13.0. The van der Waals surface area contributed by atoms with E-state index < -0.39 is 0 Å². The summed E-state index contributed by atoms with van der Waals surface area (Å²) in [5.74, 6) is 1.19. The summed E-state index contributed by atoms with van der Waals surface area (Å²) in [5, 5.41) is 0. The molecule has 3 aliphatic rings. The first-order chi connectivity index (χ1) is 18.1. The molecule has 9 heteroatoms. The summed E-state index contributed by atoms with van der Waals surface area (Å²) in [4.78, 5) is 41.4. The lowest BCUT2D eigenvalue weighted by Crippen LogP contribution is -2.45. The van der Waals surface area contributed by atoms with Crippen LogP contribution in [0.3, 0.4) is 0 Å². The van der Waals surface area contributed by atoms with Crippen molar-refractivity contribution in [2.24, 2.45) is 5.41 Å². The van der Waals surface area contributed by atoms with Crippen LogP contribution in [0.5, 0.6) is 11.5 Å². The quantitative estimate of drug-likeness (QED) is 0.581. The Morgan fingerprint density at radius 1 is 1.00 bits per heavy atom. The summed E-state index contributed by atoms with van der Waals surface area (Å²) in [6.07, 6.45) is 11.0. The smallest absolute Gasteiger partial charge is 0.272 e. The number of aromatic nitrogens is 3. The third-order valence-electron chi connectivity index (χ3n) is 7.43. The van der Waals surface area contributed by atoms with Crippen molar-refractivity contribution in [2.45, 2.75) is 32.1 Å². The highest BCUT2D eigenvalue weighted by Crippen LogP contribution is 2.38. The summed E-state index contributed by atoms with van der Waals surface area (Å²) in [6, 6.07) is 11.2. The number of pyridine rings is 1. The molecule has 2 amide bonds. The van der Waals surface area contributed by atoms with Crippen LogP contribution >= 0.6 is 0 Å². The first-order valence-corrected chi connectivity index (χ1v) is 13.0. The molecule has 1 aromatic carbocycles. The van der Waals surface area contributed by atoms with E-state index in [2.05, 4.69) is 15.0 Å². The van der Waals surface area contributed by atoms with E-state index in [-0.39, 0.29) is 17.2 Å². The van der Waals surface area contributed by atoms with Crippen molar-refractivity contribution in [2.75, 3.05) is 39.4 Å². The number of aromatic amines is 1. The molecule has 0 spiro atoms. The third kappa shape index (κ3) is 5.93. The summed E-state index contributed by atoms with van der Waals surface area (Å²) < 4.78 is 12.2. The molecule has 1 saturated heterocycles. The molecule has 9 nitrogen and oxygen atoms in total. The molecule has 37 heavy (non-hydrogen) atoms. The van der Waals surface area contributed by atoms with Gasteiger partial charge in [-0.15, -0.1) is 0 Å². The van der Waals surface area contributed by atoms with Gasteiger partial charge in [0.2, 0.25) is 0 Å². The standard InChI is InChI=1S/C28H33N5O4/c34-26-23-7-1-2-8-25(23)36-17-16-32(27(35)24-19-30-21-31-24)13-4-3-9-28(10-14-33(26)15-11-28)20-37-22-6-5-12-29-18-22/h1-2,5-8,12,18-19,21H,3-4,9-11,13-17,20H2,(H,30,31). The van der Waals surface area contributed by atoms with Gasteiger partial charge in [0.25, 0.3) is 11.8 Å². The Morgan fingerprint density at radius 2 is 1.86 bits per heavy atom. The number of H-pyrrole nitrogens is 1. The van der Waals surface area contributed by atoms with Gasteiger partial charge in [0.15, 0.2) is 0 Å². The zero-order valence-corrected chi connectivity index (χ0v) is 21.0. The van der Waals surface area contributed by atoms with Crippen LogP contribution in [-0.2, 0) is 0 Å². The van der Waals surface area contributed by atoms with E-state index in [4.69, 9.17) is 9.47 Å². The highest BCUT2D eigenvalue weighted by atomic mass is 16.5. The van der Waals surface area contributed by atoms with Crippen molar-refractivity contribution in [3.63, 3.8) is 0 Å². The number of piperidine rings is 1. The van der Waals surface area contributed by atoms with Gasteiger partial charge in [-0.2, -0.15) is 0 Å². The number of hydrogen-bond donors (Lipinski definition) is 1. The highest BCUT2D eigenvalue weighted by Gasteiger charge is 2.37. The van der Waals surface area contributed by atoms with E-state index in [1.165, 1.54) is 6.33 Å². The number of carbonyl (C=O) groups is 2. The maximum atomic E-state index is 13.5. The zero-order chi connectivity index (χ0) is 25.5. The topological polar surface area (TPSA) is 101 Å². The molecule has 1 N–H and O–H groups in total. The minimum absolute atomic E-state index is 0.0161. The minimum Gasteiger partial charge on any atom is -0.491 e. The van der Waals surface area contributed by atoms with Crippen molar-refractivity contribution >= 4 is 11.8 Å². The van der Waals surface area contributed by atoms with E-state index in [9.17, 15) is 9.59 Å². The predicted molar refractivity (Wildman–Crippen MR) is 138 cm³/mol. The number of rotatable bonds is 4. The maximum absolute atomic E-state index is 13.5. The normalized spacial score (nSPS) is 18.3. The van der Waals surface area contributed by atoms with E-state index >= 15 is 0 Å². The molecule has 1 fully saturated rings. The van der Waals surface area contributed by atoms with Gasteiger partial charge < -0.3 is 24.3 Å². The van der Waals surface area contributed by atoms with Crippen molar-refractivity contribution in [3.8, 4) is 11.5 Å². The van der Waals surface area contributed by atoms with Gasteiger partial charge in [-0.1, -0.05) is 18.6 Å². The molecule has 0 saturated carbocycles.